The Labute approximate surface area is 151 Å². The Bertz CT molecular complexity index is 567. The first kappa shape index (κ1) is 16.1. The number of carbonyl (C=O) groups is 1. The Morgan fingerprint density at radius 2 is 2.00 bits per heavy atom. The van der Waals surface area contributed by atoms with Crippen molar-refractivity contribution in [3.8, 4) is 0 Å². The van der Waals surface area contributed by atoms with Gasteiger partial charge < -0.3 is 4.90 Å². The van der Waals surface area contributed by atoms with Crippen molar-refractivity contribution in [2.45, 2.75) is 38.6 Å². The molecule has 0 N–H and O–H groups in total. The van der Waals surface area contributed by atoms with E-state index in [0.717, 1.165) is 51.0 Å². The lowest BCUT2D eigenvalue weighted by Crippen LogP contribution is -2.48. The second kappa shape index (κ2) is 6.85. The molecular weight excluding hydrogens is 372 g/mol. The number of nitrogens with zero attached hydrogens (tertiary/aromatic N) is 2. The summed E-state index contributed by atoms with van der Waals surface area (Å²) in [5.41, 5.74) is 0. The zero-order valence-corrected chi connectivity index (χ0v) is 15.9. The maximum absolute atomic E-state index is 12.6. The van der Waals surface area contributed by atoms with Crippen molar-refractivity contribution >= 4 is 33.2 Å². The lowest BCUT2D eigenvalue weighted by molar-refractivity contribution is -0.134. The summed E-state index contributed by atoms with van der Waals surface area (Å²) < 4.78 is 1.20. The summed E-state index contributed by atoms with van der Waals surface area (Å²) in [4.78, 5) is 18.6. The summed E-state index contributed by atoms with van der Waals surface area (Å²) in [5.74, 6) is 2.92. The number of hydrogen-bond donors (Lipinski definition) is 0. The highest BCUT2D eigenvalue weighted by Crippen LogP contribution is 2.49. The van der Waals surface area contributed by atoms with Crippen LogP contribution in [0, 0.1) is 17.8 Å². The molecule has 126 valence electrons. The molecular formula is C18H25BrN2OS. The van der Waals surface area contributed by atoms with Crippen LogP contribution in [0.5, 0.6) is 0 Å². The molecule has 3 unspecified atom stereocenters. The predicted octanol–water partition coefficient (Wildman–Crippen LogP) is 3.98. The molecule has 2 bridgehead atoms. The highest BCUT2D eigenvalue weighted by Gasteiger charge is 2.40. The molecule has 2 saturated carbocycles. The smallest absolute Gasteiger partial charge is 0.222 e. The maximum atomic E-state index is 12.6. The fourth-order valence-corrected chi connectivity index (χ4v) is 6.32. The van der Waals surface area contributed by atoms with Crippen LogP contribution in [0.15, 0.2) is 15.9 Å². The predicted molar refractivity (Wildman–Crippen MR) is 97.4 cm³/mol. The normalized spacial score (nSPS) is 31.0. The lowest BCUT2D eigenvalue weighted by atomic mass is 9.86. The van der Waals surface area contributed by atoms with Crippen molar-refractivity contribution in [2.75, 3.05) is 26.2 Å². The van der Waals surface area contributed by atoms with Crippen molar-refractivity contribution in [3.63, 3.8) is 0 Å². The molecule has 1 saturated heterocycles. The monoisotopic (exact) mass is 396 g/mol. The minimum Gasteiger partial charge on any atom is -0.340 e. The van der Waals surface area contributed by atoms with Gasteiger partial charge in [0.1, 0.15) is 0 Å². The van der Waals surface area contributed by atoms with Crippen LogP contribution in [0.2, 0.25) is 0 Å². The standard InChI is InChI=1S/C18H25BrN2OS/c19-17-4-3-16(23-17)12-20-5-7-21(8-6-20)18(22)11-15-10-13-1-2-14(15)9-13/h3-4,13-15H,1-2,5-12H2. The Kier molecular flexibility index (Phi) is 4.79. The van der Waals surface area contributed by atoms with E-state index in [0.29, 0.717) is 11.8 Å². The van der Waals surface area contributed by atoms with Crippen molar-refractivity contribution in [2.24, 2.45) is 17.8 Å². The van der Waals surface area contributed by atoms with Gasteiger partial charge in [0.25, 0.3) is 0 Å². The number of amides is 1. The topological polar surface area (TPSA) is 23.6 Å². The van der Waals surface area contributed by atoms with Gasteiger partial charge in [-0.3, -0.25) is 9.69 Å². The van der Waals surface area contributed by atoms with Crippen LogP contribution in [0.25, 0.3) is 0 Å². The van der Waals surface area contributed by atoms with Gasteiger partial charge in [-0.15, -0.1) is 11.3 Å². The molecule has 3 fully saturated rings. The SMILES string of the molecule is O=C(CC1CC2CCC1C2)N1CCN(Cc2ccc(Br)s2)CC1. The van der Waals surface area contributed by atoms with Gasteiger partial charge in [0, 0.05) is 44.0 Å². The Balaban J connectivity index is 1.23. The van der Waals surface area contributed by atoms with Crippen molar-refractivity contribution in [1.29, 1.82) is 0 Å². The fraction of sp³-hybridized carbons (Fsp3) is 0.722. The minimum absolute atomic E-state index is 0.418. The third kappa shape index (κ3) is 3.67. The highest BCUT2D eigenvalue weighted by atomic mass is 79.9. The average Bonchev–Trinajstić information content (AvgIpc) is 3.25. The molecule has 2 heterocycles. The number of thiophene rings is 1. The van der Waals surface area contributed by atoms with Crippen LogP contribution in [-0.2, 0) is 11.3 Å². The quantitative estimate of drug-likeness (QED) is 0.767. The largest absolute Gasteiger partial charge is 0.340 e. The lowest BCUT2D eigenvalue weighted by Gasteiger charge is -2.35. The first-order valence-electron chi connectivity index (χ1n) is 8.91. The van der Waals surface area contributed by atoms with Gasteiger partial charge in [-0.1, -0.05) is 6.42 Å². The molecule has 23 heavy (non-hydrogen) atoms. The third-order valence-electron chi connectivity index (χ3n) is 6.05. The molecule has 0 aromatic carbocycles. The van der Waals surface area contributed by atoms with Crippen LogP contribution in [0.1, 0.15) is 37.0 Å². The van der Waals surface area contributed by atoms with Crippen LogP contribution >= 0.6 is 27.3 Å². The van der Waals surface area contributed by atoms with Crippen molar-refractivity contribution < 1.29 is 4.79 Å². The second-order valence-electron chi connectivity index (χ2n) is 7.50. The van der Waals surface area contributed by atoms with Gasteiger partial charge in [0.2, 0.25) is 5.91 Å². The number of rotatable bonds is 4. The second-order valence-corrected chi connectivity index (χ2v) is 10.0. The average molecular weight is 397 g/mol. The molecule has 1 aromatic rings. The summed E-state index contributed by atoms with van der Waals surface area (Å²) in [7, 11) is 0. The maximum Gasteiger partial charge on any atom is 0.222 e. The van der Waals surface area contributed by atoms with E-state index in [2.05, 4.69) is 37.9 Å². The molecule has 1 aliphatic heterocycles. The van der Waals surface area contributed by atoms with E-state index < -0.39 is 0 Å². The number of fused-ring (bicyclic) bond motifs is 2. The zero-order chi connectivity index (χ0) is 15.8. The first-order valence-corrected chi connectivity index (χ1v) is 10.5. The molecule has 1 aromatic heterocycles. The van der Waals surface area contributed by atoms with Crippen molar-refractivity contribution in [1.82, 2.24) is 9.80 Å². The van der Waals surface area contributed by atoms with Crippen LogP contribution < -0.4 is 0 Å². The van der Waals surface area contributed by atoms with E-state index in [4.69, 9.17) is 0 Å². The van der Waals surface area contributed by atoms with Gasteiger partial charge in [0.15, 0.2) is 0 Å². The molecule has 3 atom stereocenters. The number of hydrogen-bond acceptors (Lipinski definition) is 3. The number of halogens is 1. The van der Waals surface area contributed by atoms with Crippen molar-refractivity contribution in [3.05, 3.63) is 20.8 Å². The Morgan fingerprint density at radius 1 is 1.17 bits per heavy atom. The summed E-state index contributed by atoms with van der Waals surface area (Å²) in [5, 5.41) is 0. The van der Waals surface area contributed by atoms with Gasteiger partial charge in [-0.05, 0) is 65.1 Å². The van der Waals surface area contributed by atoms with Crippen LogP contribution in [0.3, 0.4) is 0 Å². The third-order valence-corrected chi connectivity index (χ3v) is 7.66. The molecule has 1 amide bonds. The van der Waals surface area contributed by atoms with E-state index in [1.807, 2.05) is 11.3 Å². The summed E-state index contributed by atoms with van der Waals surface area (Å²) in [6, 6.07) is 4.32. The molecule has 3 aliphatic rings. The summed E-state index contributed by atoms with van der Waals surface area (Å²) in [6.07, 6.45) is 6.35. The van der Waals surface area contributed by atoms with Gasteiger partial charge in [-0.2, -0.15) is 0 Å². The van der Waals surface area contributed by atoms with E-state index in [9.17, 15) is 4.79 Å². The molecule has 5 heteroatoms. The number of piperazine rings is 1. The molecule has 0 spiro atoms. The number of carbonyl (C=O) groups excluding carboxylic acids is 1. The first-order chi connectivity index (χ1) is 11.2. The molecule has 2 aliphatic carbocycles. The molecule has 4 rings (SSSR count). The summed E-state index contributed by atoms with van der Waals surface area (Å²) >= 11 is 5.34. The Morgan fingerprint density at radius 3 is 2.61 bits per heavy atom. The van der Waals surface area contributed by atoms with Gasteiger partial charge in [-0.25, -0.2) is 0 Å². The highest BCUT2D eigenvalue weighted by molar-refractivity contribution is 9.11. The summed E-state index contributed by atoms with van der Waals surface area (Å²) in [6.45, 7) is 4.86. The molecule has 0 radical (unpaired) electrons. The van der Waals surface area contributed by atoms with Crippen LogP contribution in [0.4, 0.5) is 0 Å². The zero-order valence-electron chi connectivity index (χ0n) is 13.5. The van der Waals surface area contributed by atoms with Crippen LogP contribution in [-0.4, -0.2) is 41.9 Å². The van der Waals surface area contributed by atoms with E-state index in [1.165, 1.54) is 34.3 Å². The van der Waals surface area contributed by atoms with E-state index in [-0.39, 0.29) is 0 Å². The Hall–Kier alpha value is -0.390. The van der Waals surface area contributed by atoms with Gasteiger partial charge in [0.05, 0.1) is 3.79 Å². The minimum atomic E-state index is 0.418. The van der Waals surface area contributed by atoms with Gasteiger partial charge >= 0.3 is 0 Å². The van der Waals surface area contributed by atoms with E-state index in [1.54, 1.807) is 0 Å². The van der Waals surface area contributed by atoms with E-state index >= 15 is 0 Å². The fourth-order valence-electron chi connectivity index (χ4n) is 4.79. The molecule has 3 nitrogen and oxygen atoms in total.